The Kier molecular flexibility index (Phi) is 3.75. The molecule has 0 fully saturated rings. The molecule has 0 radical (unpaired) electrons. The summed E-state index contributed by atoms with van der Waals surface area (Å²) < 4.78 is 5.16. The van der Waals surface area contributed by atoms with Gasteiger partial charge in [-0.2, -0.15) is 0 Å². The van der Waals surface area contributed by atoms with Crippen LogP contribution < -0.4 is 10.5 Å². The van der Waals surface area contributed by atoms with E-state index < -0.39 is 0 Å². The van der Waals surface area contributed by atoms with Gasteiger partial charge in [-0.25, -0.2) is 4.98 Å². The summed E-state index contributed by atoms with van der Waals surface area (Å²) in [7, 11) is 1.62. The molecule has 5 heteroatoms. The topological polar surface area (TPSA) is 63.9 Å². The van der Waals surface area contributed by atoms with E-state index in [2.05, 4.69) is 29.0 Å². The van der Waals surface area contributed by atoms with Crippen molar-refractivity contribution in [1.82, 2.24) is 9.97 Å². The van der Waals surface area contributed by atoms with Crippen molar-refractivity contribution in [2.45, 2.75) is 17.8 Å². The number of aromatic nitrogens is 2. The molecule has 2 aromatic carbocycles. The Labute approximate surface area is 127 Å². The van der Waals surface area contributed by atoms with Gasteiger partial charge < -0.3 is 15.5 Å². The van der Waals surface area contributed by atoms with Crippen molar-refractivity contribution >= 4 is 28.5 Å². The number of anilines is 1. The molecule has 108 valence electrons. The average molecular weight is 299 g/mol. The Hall–Kier alpha value is -2.14. The maximum Gasteiger partial charge on any atom is 0.166 e. The number of H-pyrrole nitrogens is 1. The monoisotopic (exact) mass is 299 g/mol. The predicted octanol–water partition coefficient (Wildman–Crippen LogP) is 3.75. The van der Waals surface area contributed by atoms with Gasteiger partial charge in [0.25, 0.3) is 0 Å². The van der Waals surface area contributed by atoms with Gasteiger partial charge in [0.15, 0.2) is 5.16 Å². The van der Waals surface area contributed by atoms with Gasteiger partial charge >= 0.3 is 0 Å². The maximum absolute atomic E-state index is 5.92. The van der Waals surface area contributed by atoms with Crippen molar-refractivity contribution in [3.8, 4) is 5.75 Å². The highest BCUT2D eigenvalue weighted by molar-refractivity contribution is 7.98. The zero-order valence-electron chi connectivity index (χ0n) is 12.0. The minimum absolute atomic E-state index is 0.663. The van der Waals surface area contributed by atoms with Gasteiger partial charge in [-0.05, 0) is 42.3 Å². The van der Waals surface area contributed by atoms with Crippen molar-refractivity contribution < 1.29 is 4.74 Å². The molecule has 0 saturated carbocycles. The molecule has 3 aromatic rings. The normalized spacial score (nSPS) is 11.0. The lowest BCUT2D eigenvalue weighted by molar-refractivity contribution is 0.417. The number of thioether (sulfide) groups is 1. The van der Waals surface area contributed by atoms with Crippen LogP contribution in [-0.4, -0.2) is 17.1 Å². The van der Waals surface area contributed by atoms with Crippen LogP contribution >= 0.6 is 11.8 Å². The summed E-state index contributed by atoms with van der Waals surface area (Å²) in [6, 6.07) is 12.1. The molecule has 21 heavy (non-hydrogen) atoms. The highest BCUT2D eigenvalue weighted by atomic mass is 32.2. The molecular formula is C16H17N3OS. The van der Waals surface area contributed by atoms with Gasteiger partial charge in [-0.1, -0.05) is 23.9 Å². The van der Waals surface area contributed by atoms with Gasteiger partial charge in [0.1, 0.15) is 5.75 Å². The highest BCUT2D eigenvalue weighted by Crippen LogP contribution is 2.27. The maximum atomic E-state index is 5.92. The molecule has 0 unspecified atom stereocenters. The number of nitrogen functional groups attached to an aromatic ring is 1. The van der Waals surface area contributed by atoms with Gasteiger partial charge in [0.2, 0.25) is 0 Å². The predicted molar refractivity (Wildman–Crippen MR) is 87.8 cm³/mol. The summed E-state index contributed by atoms with van der Waals surface area (Å²) in [5.74, 6) is 1.52. The Bertz CT molecular complexity index is 782. The van der Waals surface area contributed by atoms with E-state index in [9.17, 15) is 0 Å². The van der Waals surface area contributed by atoms with Crippen LogP contribution in [-0.2, 0) is 5.75 Å². The van der Waals surface area contributed by atoms with Crippen molar-refractivity contribution in [2.75, 3.05) is 12.8 Å². The minimum Gasteiger partial charge on any atom is -0.495 e. The fourth-order valence-electron chi connectivity index (χ4n) is 2.19. The van der Waals surface area contributed by atoms with Gasteiger partial charge in [0.05, 0.1) is 23.8 Å². The number of aromatic amines is 1. The van der Waals surface area contributed by atoms with Gasteiger partial charge in [-0.3, -0.25) is 0 Å². The van der Waals surface area contributed by atoms with Crippen molar-refractivity contribution in [2.24, 2.45) is 0 Å². The molecule has 3 rings (SSSR count). The number of nitrogens with zero attached hydrogens (tertiary/aromatic N) is 1. The molecular weight excluding hydrogens is 282 g/mol. The molecule has 0 bridgehead atoms. The van der Waals surface area contributed by atoms with Crippen LogP contribution in [0.4, 0.5) is 5.69 Å². The number of aryl methyl sites for hydroxylation is 1. The molecule has 4 nitrogen and oxygen atoms in total. The second-order valence-electron chi connectivity index (χ2n) is 4.93. The second kappa shape index (κ2) is 5.69. The van der Waals surface area contributed by atoms with Crippen LogP contribution in [0.15, 0.2) is 41.6 Å². The molecule has 0 saturated heterocycles. The van der Waals surface area contributed by atoms with Crippen LogP contribution in [0, 0.1) is 6.92 Å². The number of benzene rings is 2. The Balaban J connectivity index is 1.75. The van der Waals surface area contributed by atoms with Gasteiger partial charge in [0, 0.05) is 5.75 Å². The van der Waals surface area contributed by atoms with E-state index >= 15 is 0 Å². The average Bonchev–Trinajstić information content (AvgIpc) is 2.87. The Morgan fingerprint density at radius 3 is 2.86 bits per heavy atom. The summed E-state index contributed by atoms with van der Waals surface area (Å²) in [5, 5.41) is 0.921. The SMILES string of the molecule is COc1ccc(CSc2nc3ccc(C)cc3[nH]2)cc1N. The first-order chi connectivity index (χ1) is 10.2. The molecule has 0 amide bonds. The number of ether oxygens (including phenoxy) is 1. The summed E-state index contributed by atoms with van der Waals surface area (Å²) in [6.07, 6.45) is 0. The van der Waals surface area contributed by atoms with E-state index in [-0.39, 0.29) is 0 Å². The lowest BCUT2D eigenvalue weighted by Crippen LogP contribution is -1.93. The van der Waals surface area contributed by atoms with Crippen LogP contribution in [0.5, 0.6) is 5.75 Å². The molecule has 1 aromatic heterocycles. The lowest BCUT2D eigenvalue weighted by Gasteiger charge is -2.06. The minimum atomic E-state index is 0.663. The van der Waals surface area contributed by atoms with Crippen LogP contribution in [0.3, 0.4) is 0 Å². The fourth-order valence-corrected chi connectivity index (χ4v) is 3.02. The summed E-state index contributed by atoms with van der Waals surface area (Å²) in [6.45, 7) is 2.08. The standard InChI is InChI=1S/C16H17N3OS/c1-10-3-5-13-14(7-10)19-16(18-13)21-9-11-4-6-15(20-2)12(17)8-11/h3-8H,9,17H2,1-2H3,(H,18,19). The molecule has 0 aliphatic rings. The number of fused-ring (bicyclic) bond motifs is 1. The van der Waals surface area contributed by atoms with Crippen molar-refractivity contribution in [3.63, 3.8) is 0 Å². The van der Waals surface area contributed by atoms with Crippen LogP contribution in [0.2, 0.25) is 0 Å². The lowest BCUT2D eigenvalue weighted by atomic mass is 10.2. The zero-order chi connectivity index (χ0) is 14.8. The molecule has 0 atom stereocenters. The second-order valence-corrected chi connectivity index (χ2v) is 5.89. The number of nitrogens with one attached hydrogen (secondary N) is 1. The molecule has 3 N–H and O–H groups in total. The number of rotatable bonds is 4. The van der Waals surface area contributed by atoms with E-state index in [0.717, 1.165) is 27.5 Å². The first-order valence-electron chi connectivity index (χ1n) is 6.67. The van der Waals surface area contributed by atoms with Crippen LogP contribution in [0.25, 0.3) is 11.0 Å². The van der Waals surface area contributed by atoms with E-state index in [0.29, 0.717) is 11.4 Å². The van der Waals surface area contributed by atoms with Crippen molar-refractivity contribution in [3.05, 3.63) is 47.5 Å². The smallest absolute Gasteiger partial charge is 0.166 e. The Morgan fingerprint density at radius 1 is 1.24 bits per heavy atom. The van der Waals surface area contributed by atoms with E-state index in [4.69, 9.17) is 10.5 Å². The third-order valence-corrected chi connectivity index (χ3v) is 4.23. The number of imidazole rings is 1. The zero-order valence-corrected chi connectivity index (χ0v) is 12.8. The number of methoxy groups -OCH3 is 1. The summed E-state index contributed by atoms with van der Waals surface area (Å²) in [5.41, 5.74) is 11.0. The Morgan fingerprint density at radius 2 is 2.10 bits per heavy atom. The first-order valence-corrected chi connectivity index (χ1v) is 7.66. The van der Waals surface area contributed by atoms with E-state index in [1.165, 1.54) is 5.56 Å². The van der Waals surface area contributed by atoms with E-state index in [1.807, 2.05) is 24.3 Å². The third-order valence-electron chi connectivity index (χ3n) is 3.29. The number of nitrogens with two attached hydrogens (primary N) is 1. The molecule has 0 aliphatic carbocycles. The quantitative estimate of drug-likeness (QED) is 0.569. The fraction of sp³-hybridized carbons (Fsp3) is 0.188. The molecule has 0 spiro atoms. The van der Waals surface area contributed by atoms with Crippen LogP contribution in [0.1, 0.15) is 11.1 Å². The largest absolute Gasteiger partial charge is 0.495 e. The van der Waals surface area contributed by atoms with E-state index in [1.54, 1.807) is 18.9 Å². The van der Waals surface area contributed by atoms with Gasteiger partial charge in [-0.15, -0.1) is 0 Å². The summed E-state index contributed by atoms with van der Waals surface area (Å²) in [4.78, 5) is 7.92. The van der Waals surface area contributed by atoms with Crippen molar-refractivity contribution in [1.29, 1.82) is 0 Å². The highest BCUT2D eigenvalue weighted by Gasteiger charge is 2.05. The molecule has 0 aliphatic heterocycles. The third kappa shape index (κ3) is 2.97. The number of hydrogen-bond donors (Lipinski definition) is 2. The molecule has 1 heterocycles. The number of hydrogen-bond acceptors (Lipinski definition) is 4. The first kappa shape index (κ1) is 13.8. The summed E-state index contributed by atoms with van der Waals surface area (Å²) >= 11 is 1.66.